The zero-order valence-corrected chi connectivity index (χ0v) is 15.2. The second kappa shape index (κ2) is 6.75. The Morgan fingerprint density at radius 1 is 1.12 bits per heavy atom. The van der Waals surface area contributed by atoms with Crippen molar-refractivity contribution in [1.82, 2.24) is 24.7 Å². The van der Waals surface area contributed by atoms with Gasteiger partial charge in [0.25, 0.3) is 0 Å². The summed E-state index contributed by atoms with van der Waals surface area (Å²) in [6.45, 7) is 0. The van der Waals surface area contributed by atoms with Gasteiger partial charge in [0.05, 0.1) is 17.1 Å². The number of rotatable bonds is 3. The van der Waals surface area contributed by atoms with Crippen molar-refractivity contribution in [1.29, 1.82) is 5.26 Å². The maximum absolute atomic E-state index is 9.46. The lowest BCUT2D eigenvalue weighted by molar-refractivity contribution is 0.792. The number of pyridine rings is 2. The summed E-state index contributed by atoms with van der Waals surface area (Å²) in [7, 11) is 1.89. The van der Waals surface area contributed by atoms with E-state index in [0.29, 0.717) is 26.3 Å². The van der Waals surface area contributed by atoms with Gasteiger partial charge < -0.3 is 4.57 Å². The Balaban J connectivity index is 1.73. The smallest absolute Gasteiger partial charge is 0.197 e. The molecule has 0 aliphatic heterocycles. The van der Waals surface area contributed by atoms with Gasteiger partial charge in [0.15, 0.2) is 11.0 Å². The lowest BCUT2D eigenvalue weighted by Gasteiger charge is -2.06. The molecule has 0 N–H and O–H groups in total. The van der Waals surface area contributed by atoms with E-state index in [1.54, 1.807) is 30.6 Å². The maximum Gasteiger partial charge on any atom is 0.197 e. The molecule has 3 aromatic heterocycles. The Bertz CT molecular complexity index is 1150. The monoisotopic (exact) mass is 378 g/mol. The van der Waals surface area contributed by atoms with Gasteiger partial charge in [0.1, 0.15) is 5.03 Å². The number of nitrogens with zero attached hydrogens (tertiary/aromatic N) is 6. The van der Waals surface area contributed by atoms with Crippen molar-refractivity contribution in [2.24, 2.45) is 7.05 Å². The van der Waals surface area contributed by atoms with Crippen LogP contribution in [0.4, 0.5) is 0 Å². The second-order valence-corrected chi connectivity index (χ2v) is 6.91. The van der Waals surface area contributed by atoms with E-state index in [0.717, 1.165) is 16.8 Å². The van der Waals surface area contributed by atoms with Crippen LogP contribution in [0.1, 0.15) is 5.56 Å². The van der Waals surface area contributed by atoms with Crippen LogP contribution in [0.15, 0.2) is 59.0 Å². The predicted molar refractivity (Wildman–Crippen MR) is 99.8 cm³/mol. The van der Waals surface area contributed by atoms with Crippen molar-refractivity contribution < 1.29 is 0 Å². The fraction of sp³-hybridized carbons (Fsp3) is 0.0556. The number of fused-ring (bicyclic) bond motifs is 1. The molecule has 6 nitrogen and oxygen atoms in total. The maximum atomic E-state index is 9.46. The highest BCUT2D eigenvalue weighted by Crippen LogP contribution is 2.31. The fourth-order valence-electron chi connectivity index (χ4n) is 2.57. The molecule has 0 aliphatic rings. The normalized spacial score (nSPS) is 10.8. The molecule has 0 radical (unpaired) electrons. The number of aromatic nitrogens is 5. The molecule has 126 valence electrons. The summed E-state index contributed by atoms with van der Waals surface area (Å²) in [6, 6.07) is 13.0. The molecular formula is C18H11ClN6S. The first kappa shape index (κ1) is 16.5. The van der Waals surface area contributed by atoms with Crippen molar-refractivity contribution in [2.75, 3.05) is 0 Å². The Morgan fingerprint density at radius 2 is 1.92 bits per heavy atom. The van der Waals surface area contributed by atoms with Crippen molar-refractivity contribution in [3.8, 4) is 17.5 Å². The Hall–Kier alpha value is -2.95. The standard InChI is InChI=1S/C18H11ClN6S/c1-25-17(11-4-6-21-7-5-11)23-24-18(25)26-16-8-12(10-20)14-9-13(19)2-3-15(14)22-16/h2-9H,1H3. The van der Waals surface area contributed by atoms with E-state index in [4.69, 9.17) is 11.6 Å². The van der Waals surface area contributed by atoms with E-state index in [2.05, 4.69) is 26.2 Å². The molecule has 0 atom stereocenters. The van der Waals surface area contributed by atoms with E-state index < -0.39 is 0 Å². The predicted octanol–water partition coefficient (Wildman–Crippen LogP) is 4.10. The third-order valence-electron chi connectivity index (χ3n) is 3.84. The minimum atomic E-state index is 0.525. The van der Waals surface area contributed by atoms with Crippen molar-refractivity contribution in [2.45, 2.75) is 10.2 Å². The summed E-state index contributed by atoms with van der Waals surface area (Å²) in [4.78, 5) is 8.62. The van der Waals surface area contributed by atoms with Gasteiger partial charge in [-0.3, -0.25) is 4.98 Å². The van der Waals surface area contributed by atoms with Crippen molar-refractivity contribution in [3.63, 3.8) is 0 Å². The van der Waals surface area contributed by atoms with E-state index in [9.17, 15) is 5.26 Å². The van der Waals surface area contributed by atoms with Gasteiger partial charge >= 0.3 is 0 Å². The van der Waals surface area contributed by atoms with Gasteiger partial charge in [0, 0.05) is 35.4 Å². The quantitative estimate of drug-likeness (QED) is 0.534. The van der Waals surface area contributed by atoms with Crippen LogP contribution in [0.2, 0.25) is 5.02 Å². The molecule has 8 heteroatoms. The topological polar surface area (TPSA) is 80.3 Å². The van der Waals surface area contributed by atoms with Crippen LogP contribution in [0.25, 0.3) is 22.3 Å². The number of hydrogen-bond acceptors (Lipinski definition) is 6. The first-order chi connectivity index (χ1) is 12.7. The fourth-order valence-corrected chi connectivity index (χ4v) is 3.55. The summed E-state index contributed by atoms with van der Waals surface area (Å²) in [5, 5.41) is 20.6. The highest BCUT2D eigenvalue weighted by atomic mass is 35.5. The molecule has 0 fully saturated rings. The van der Waals surface area contributed by atoms with Crippen LogP contribution in [0.5, 0.6) is 0 Å². The van der Waals surface area contributed by atoms with Gasteiger partial charge in [-0.2, -0.15) is 5.26 Å². The average molecular weight is 379 g/mol. The minimum Gasteiger partial charge on any atom is -0.305 e. The molecule has 4 rings (SSSR count). The molecule has 26 heavy (non-hydrogen) atoms. The van der Waals surface area contributed by atoms with E-state index in [-0.39, 0.29) is 0 Å². The van der Waals surface area contributed by atoms with E-state index in [1.165, 1.54) is 11.8 Å². The van der Waals surface area contributed by atoms with Crippen LogP contribution >= 0.6 is 23.4 Å². The molecule has 1 aromatic carbocycles. The summed E-state index contributed by atoms with van der Waals surface area (Å²) < 4.78 is 1.89. The van der Waals surface area contributed by atoms with Gasteiger partial charge in [-0.25, -0.2) is 4.98 Å². The van der Waals surface area contributed by atoms with Gasteiger partial charge in [0.2, 0.25) is 0 Å². The highest BCUT2D eigenvalue weighted by molar-refractivity contribution is 7.99. The molecule has 0 spiro atoms. The number of hydrogen-bond donors (Lipinski definition) is 0. The molecular weight excluding hydrogens is 368 g/mol. The first-order valence-electron chi connectivity index (χ1n) is 7.64. The molecule has 4 aromatic rings. The molecule has 0 saturated carbocycles. The van der Waals surface area contributed by atoms with Crippen LogP contribution < -0.4 is 0 Å². The Morgan fingerprint density at radius 3 is 2.69 bits per heavy atom. The van der Waals surface area contributed by atoms with Crippen molar-refractivity contribution in [3.05, 3.63) is 59.4 Å². The molecule has 0 bridgehead atoms. The summed E-state index contributed by atoms with van der Waals surface area (Å²) in [5.41, 5.74) is 2.17. The minimum absolute atomic E-state index is 0.525. The van der Waals surface area contributed by atoms with Gasteiger partial charge in [-0.05, 0) is 48.2 Å². The number of halogens is 1. The molecule has 3 heterocycles. The molecule has 0 aliphatic carbocycles. The molecule has 0 saturated heterocycles. The van der Waals surface area contributed by atoms with Crippen molar-refractivity contribution >= 4 is 34.3 Å². The Labute approximate surface area is 158 Å². The number of benzene rings is 1. The van der Waals surface area contributed by atoms with Crippen LogP contribution in [-0.4, -0.2) is 24.7 Å². The zero-order chi connectivity index (χ0) is 18.1. The average Bonchev–Trinajstić information content (AvgIpc) is 3.02. The van der Waals surface area contributed by atoms with Crippen LogP contribution in [0, 0.1) is 11.3 Å². The van der Waals surface area contributed by atoms with Crippen LogP contribution in [-0.2, 0) is 7.05 Å². The number of nitriles is 1. The molecule has 0 amide bonds. The molecule has 0 unspecified atom stereocenters. The third-order valence-corrected chi connectivity index (χ3v) is 5.03. The zero-order valence-electron chi connectivity index (χ0n) is 13.6. The lowest BCUT2D eigenvalue weighted by atomic mass is 10.1. The Kier molecular flexibility index (Phi) is 4.29. The van der Waals surface area contributed by atoms with Gasteiger partial charge in [-0.15, -0.1) is 10.2 Å². The summed E-state index contributed by atoms with van der Waals surface area (Å²) in [6.07, 6.45) is 3.43. The lowest BCUT2D eigenvalue weighted by Crippen LogP contribution is -1.95. The SMILES string of the molecule is Cn1c(Sc2cc(C#N)c3cc(Cl)ccc3n2)nnc1-c1ccncc1. The van der Waals surface area contributed by atoms with Gasteiger partial charge in [-0.1, -0.05) is 11.6 Å². The van der Waals surface area contributed by atoms with E-state index >= 15 is 0 Å². The van der Waals surface area contributed by atoms with Crippen LogP contribution in [0.3, 0.4) is 0 Å². The first-order valence-corrected chi connectivity index (χ1v) is 8.83. The third kappa shape index (κ3) is 3.01. The highest BCUT2D eigenvalue weighted by Gasteiger charge is 2.14. The second-order valence-electron chi connectivity index (χ2n) is 5.48. The summed E-state index contributed by atoms with van der Waals surface area (Å²) >= 11 is 7.39. The summed E-state index contributed by atoms with van der Waals surface area (Å²) in [5.74, 6) is 0.739. The largest absolute Gasteiger partial charge is 0.305 e. The van der Waals surface area contributed by atoms with E-state index in [1.807, 2.05) is 29.8 Å².